The van der Waals surface area contributed by atoms with Crippen LogP contribution in [-0.4, -0.2) is 16.8 Å². The van der Waals surface area contributed by atoms with Crippen molar-refractivity contribution >= 4 is 29.9 Å². The Morgan fingerprint density at radius 1 is 1.05 bits per heavy atom. The Kier molecular flexibility index (Phi) is 5.02. The maximum Gasteiger partial charge on any atom is 0.255 e. The fraction of sp³-hybridized carbons (Fsp3) is 0. The van der Waals surface area contributed by atoms with E-state index in [9.17, 15) is 9.59 Å². The first kappa shape index (κ1) is 14.7. The molecule has 0 saturated carbocycles. The Hall–Kier alpha value is -2.40. The van der Waals surface area contributed by atoms with Gasteiger partial charge in [0.05, 0.1) is 11.3 Å². The summed E-state index contributed by atoms with van der Waals surface area (Å²) in [6.45, 7) is 0. The van der Waals surface area contributed by atoms with Gasteiger partial charge in [-0.2, -0.15) is 0 Å². The zero-order chi connectivity index (χ0) is 13.0. The summed E-state index contributed by atoms with van der Waals surface area (Å²) in [5.74, 6) is -0.897. The van der Waals surface area contributed by atoms with Crippen molar-refractivity contribution in [3.05, 3.63) is 59.9 Å². The van der Waals surface area contributed by atoms with E-state index >= 15 is 0 Å². The SMILES string of the molecule is Cl.NC(=O)c1ccccc1NC(=O)c1ccncc1. The molecule has 2 amide bonds. The Bertz CT molecular complexity index is 587. The maximum absolute atomic E-state index is 11.9. The van der Waals surface area contributed by atoms with Crippen LogP contribution in [0.1, 0.15) is 20.7 Å². The molecule has 0 spiro atoms. The van der Waals surface area contributed by atoms with Gasteiger partial charge in [-0.3, -0.25) is 14.6 Å². The molecule has 0 fully saturated rings. The van der Waals surface area contributed by atoms with Crippen LogP contribution in [0, 0.1) is 0 Å². The molecule has 0 aliphatic heterocycles. The minimum absolute atomic E-state index is 0. The molecule has 0 atom stereocenters. The largest absolute Gasteiger partial charge is 0.366 e. The van der Waals surface area contributed by atoms with Crippen molar-refractivity contribution in [3.63, 3.8) is 0 Å². The molecule has 98 valence electrons. The molecule has 0 bridgehead atoms. The second kappa shape index (κ2) is 6.51. The summed E-state index contributed by atoms with van der Waals surface area (Å²) in [7, 11) is 0. The molecular weight excluding hydrogens is 266 g/mol. The third-order valence-corrected chi connectivity index (χ3v) is 2.38. The summed E-state index contributed by atoms with van der Waals surface area (Å²) in [5, 5.41) is 2.64. The second-order valence-corrected chi connectivity index (χ2v) is 3.60. The fourth-order valence-electron chi connectivity index (χ4n) is 1.50. The summed E-state index contributed by atoms with van der Waals surface area (Å²) < 4.78 is 0. The number of halogens is 1. The number of nitrogens with one attached hydrogen (secondary N) is 1. The van der Waals surface area contributed by atoms with Crippen molar-refractivity contribution in [2.45, 2.75) is 0 Å². The number of carbonyl (C=O) groups excluding carboxylic acids is 2. The van der Waals surface area contributed by atoms with Gasteiger partial charge in [-0.15, -0.1) is 12.4 Å². The summed E-state index contributed by atoms with van der Waals surface area (Å²) in [5.41, 5.74) is 6.36. The molecule has 0 radical (unpaired) electrons. The van der Waals surface area contributed by atoms with E-state index in [1.807, 2.05) is 0 Å². The molecule has 2 rings (SSSR count). The number of rotatable bonds is 3. The fourth-order valence-corrected chi connectivity index (χ4v) is 1.50. The number of amides is 2. The molecule has 0 saturated heterocycles. The van der Waals surface area contributed by atoms with E-state index in [0.717, 1.165) is 0 Å². The van der Waals surface area contributed by atoms with Crippen molar-refractivity contribution in [2.75, 3.05) is 5.32 Å². The first-order chi connectivity index (χ1) is 8.68. The van der Waals surface area contributed by atoms with Gasteiger partial charge in [-0.05, 0) is 24.3 Å². The van der Waals surface area contributed by atoms with E-state index in [1.54, 1.807) is 36.4 Å². The molecule has 5 nitrogen and oxygen atoms in total. The van der Waals surface area contributed by atoms with Crippen molar-refractivity contribution in [1.29, 1.82) is 0 Å². The Morgan fingerprint density at radius 2 is 1.68 bits per heavy atom. The first-order valence-electron chi connectivity index (χ1n) is 5.28. The van der Waals surface area contributed by atoms with E-state index in [1.165, 1.54) is 12.4 Å². The minimum Gasteiger partial charge on any atom is -0.366 e. The average molecular weight is 278 g/mol. The van der Waals surface area contributed by atoms with Crippen LogP contribution < -0.4 is 11.1 Å². The van der Waals surface area contributed by atoms with Crippen LogP contribution >= 0.6 is 12.4 Å². The van der Waals surface area contributed by atoms with Crippen molar-refractivity contribution < 1.29 is 9.59 Å². The van der Waals surface area contributed by atoms with Crippen LogP contribution in [0.15, 0.2) is 48.8 Å². The van der Waals surface area contributed by atoms with Gasteiger partial charge in [0.25, 0.3) is 11.8 Å². The van der Waals surface area contributed by atoms with Crippen LogP contribution in [-0.2, 0) is 0 Å². The van der Waals surface area contributed by atoms with Gasteiger partial charge in [-0.1, -0.05) is 12.1 Å². The van der Waals surface area contributed by atoms with E-state index in [-0.39, 0.29) is 23.9 Å². The van der Waals surface area contributed by atoms with Gasteiger partial charge in [0.15, 0.2) is 0 Å². The van der Waals surface area contributed by atoms with E-state index in [0.29, 0.717) is 11.3 Å². The number of para-hydroxylation sites is 1. The molecule has 19 heavy (non-hydrogen) atoms. The van der Waals surface area contributed by atoms with Gasteiger partial charge in [-0.25, -0.2) is 0 Å². The first-order valence-corrected chi connectivity index (χ1v) is 5.28. The summed E-state index contributed by atoms with van der Waals surface area (Å²) >= 11 is 0. The zero-order valence-corrected chi connectivity index (χ0v) is 10.7. The molecule has 0 aliphatic carbocycles. The molecule has 1 aromatic carbocycles. The van der Waals surface area contributed by atoms with E-state index < -0.39 is 5.91 Å². The number of nitrogens with zero attached hydrogens (tertiary/aromatic N) is 1. The average Bonchev–Trinajstić information content (AvgIpc) is 2.40. The predicted molar refractivity (Wildman–Crippen MR) is 74.4 cm³/mol. The van der Waals surface area contributed by atoms with Gasteiger partial charge in [0.2, 0.25) is 0 Å². The molecule has 1 aromatic heterocycles. The maximum atomic E-state index is 11.9. The van der Waals surface area contributed by atoms with E-state index in [4.69, 9.17) is 5.73 Å². The highest BCUT2D eigenvalue weighted by Crippen LogP contribution is 2.15. The van der Waals surface area contributed by atoms with Crippen LogP contribution in [0.4, 0.5) is 5.69 Å². The number of anilines is 1. The number of aromatic nitrogens is 1. The number of nitrogens with two attached hydrogens (primary N) is 1. The molecule has 2 aromatic rings. The van der Waals surface area contributed by atoms with Crippen LogP contribution in [0.3, 0.4) is 0 Å². The van der Waals surface area contributed by atoms with Crippen LogP contribution in [0.2, 0.25) is 0 Å². The molecule has 1 heterocycles. The third kappa shape index (κ3) is 3.53. The minimum atomic E-state index is -0.583. The highest BCUT2D eigenvalue weighted by molar-refractivity contribution is 6.08. The number of carbonyl (C=O) groups is 2. The molecule has 3 N–H and O–H groups in total. The van der Waals surface area contributed by atoms with Crippen molar-refractivity contribution in [2.24, 2.45) is 5.73 Å². The predicted octanol–water partition coefficient (Wildman–Crippen LogP) is 1.85. The van der Waals surface area contributed by atoms with Gasteiger partial charge < -0.3 is 11.1 Å². The number of primary amides is 1. The summed E-state index contributed by atoms with van der Waals surface area (Å²) in [6.07, 6.45) is 3.05. The highest BCUT2D eigenvalue weighted by atomic mass is 35.5. The normalized spacial score (nSPS) is 9.26. The van der Waals surface area contributed by atoms with Crippen molar-refractivity contribution in [1.82, 2.24) is 4.98 Å². The topological polar surface area (TPSA) is 85.1 Å². The van der Waals surface area contributed by atoms with Crippen LogP contribution in [0.5, 0.6) is 0 Å². The van der Waals surface area contributed by atoms with Gasteiger partial charge >= 0.3 is 0 Å². The molecule has 0 unspecified atom stereocenters. The number of pyridine rings is 1. The quantitative estimate of drug-likeness (QED) is 0.898. The second-order valence-electron chi connectivity index (χ2n) is 3.60. The lowest BCUT2D eigenvalue weighted by Crippen LogP contribution is -2.18. The lowest BCUT2D eigenvalue weighted by atomic mass is 10.1. The summed E-state index contributed by atoms with van der Waals surface area (Å²) in [6, 6.07) is 9.75. The zero-order valence-electron chi connectivity index (χ0n) is 9.87. The van der Waals surface area contributed by atoms with E-state index in [2.05, 4.69) is 10.3 Å². The van der Waals surface area contributed by atoms with Gasteiger partial charge in [0.1, 0.15) is 0 Å². The van der Waals surface area contributed by atoms with Crippen LogP contribution in [0.25, 0.3) is 0 Å². The lowest BCUT2D eigenvalue weighted by molar-refractivity contribution is 0.100. The Morgan fingerprint density at radius 3 is 2.32 bits per heavy atom. The Labute approximate surface area is 116 Å². The number of benzene rings is 1. The summed E-state index contributed by atoms with van der Waals surface area (Å²) in [4.78, 5) is 26.9. The standard InChI is InChI=1S/C13H11N3O2.ClH/c14-12(17)10-3-1-2-4-11(10)16-13(18)9-5-7-15-8-6-9;/h1-8H,(H2,14,17)(H,16,18);1H. The molecule has 0 aliphatic rings. The number of hydrogen-bond donors (Lipinski definition) is 2. The third-order valence-electron chi connectivity index (χ3n) is 2.38. The molecular formula is C13H12ClN3O2. The molecule has 6 heteroatoms. The van der Waals surface area contributed by atoms with Gasteiger partial charge in [0, 0.05) is 18.0 Å². The monoisotopic (exact) mass is 277 g/mol. The Balaban J connectivity index is 0.00000180. The number of hydrogen-bond acceptors (Lipinski definition) is 3. The van der Waals surface area contributed by atoms with Crippen molar-refractivity contribution in [3.8, 4) is 0 Å². The lowest BCUT2D eigenvalue weighted by Gasteiger charge is -2.08. The highest BCUT2D eigenvalue weighted by Gasteiger charge is 2.11. The smallest absolute Gasteiger partial charge is 0.255 e.